The summed E-state index contributed by atoms with van der Waals surface area (Å²) < 4.78 is 6.16. The quantitative estimate of drug-likeness (QED) is 0.325. The molecule has 0 saturated carbocycles. The van der Waals surface area contributed by atoms with Crippen LogP contribution in [0.1, 0.15) is 27.2 Å². The summed E-state index contributed by atoms with van der Waals surface area (Å²) >= 11 is 0. The maximum Gasteiger partial charge on any atom is 0.337 e. The number of hydrogen-bond acceptors (Lipinski definition) is 7. The number of methoxy groups -OCH3 is 1. The molecule has 0 aliphatic rings. The molecule has 8 nitrogen and oxygen atoms in total. The van der Waals surface area contributed by atoms with Crippen molar-refractivity contribution in [3.63, 3.8) is 0 Å². The highest BCUT2D eigenvalue weighted by molar-refractivity contribution is 6.00. The van der Waals surface area contributed by atoms with Crippen molar-refractivity contribution in [1.29, 1.82) is 0 Å². The number of aromatic nitrogens is 2. The van der Waals surface area contributed by atoms with Crippen LogP contribution in [0.15, 0.2) is 58.8 Å². The maximum atomic E-state index is 11.8. The van der Waals surface area contributed by atoms with Crippen molar-refractivity contribution in [3.05, 3.63) is 70.9 Å². The summed E-state index contributed by atoms with van der Waals surface area (Å²) in [6, 6.07) is 13.8. The van der Waals surface area contributed by atoms with E-state index in [0.29, 0.717) is 27.7 Å². The lowest BCUT2D eigenvalue weighted by Crippen LogP contribution is -2.00. The van der Waals surface area contributed by atoms with E-state index in [1.165, 1.54) is 17.9 Å². The average molecular weight is 430 g/mol. The molecule has 0 fully saturated rings. The van der Waals surface area contributed by atoms with Gasteiger partial charge in [-0.25, -0.2) is 4.79 Å². The zero-order valence-corrected chi connectivity index (χ0v) is 18.1. The number of esters is 1. The topological polar surface area (TPSA) is 109 Å². The molecule has 4 rings (SSSR count). The molecule has 0 aliphatic heterocycles. The molecule has 0 saturated heterocycles. The molecule has 8 heteroatoms. The highest BCUT2D eigenvalue weighted by Crippen LogP contribution is 2.39. The molecule has 0 unspecified atom stereocenters. The summed E-state index contributed by atoms with van der Waals surface area (Å²) in [6.45, 7) is 5.72. The summed E-state index contributed by atoms with van der Waals surface area (Å²) in [5.41, 5.74) is 4.21. The number of aromatic hydroxyl groups is 2. The van der Waals surface area contributed by atoms with Crippen LogP contribution in [0.25, 0.3) is 16.5 Å². The van der Waals surface area contributed by atoms with Crippen molar-refractivity contribution < 1.29 is 19.7 Å². The van der Waals surface area contributed by atoms with Gasteiger partial charge in [-0.3, -0.25) is 0 Å². The zero-order chi connectivity index (χ0) is 23.0. The van der Waals surface area contributed by atoms with Crippen molar-refractivity contribution >= 4 is 28.1 Å². The van der Waals surface area contributed by atoms with E-state index in [4.69, 9.17) is 4.74 Å². The van der Waals surface area contributed by atoms with Crippen molar-refractivity contribution in [2.45, 2.75) is 20.8 Å². The first-order valence-electron chi connectivity index (χ1n) is 9.92. The molecular formula is C24H22N4O4. The molecule has 0 aliphatic carbocycles. The van der Waals surface area contributed by atoms with E-state index in [1.54, 1.807) is 31.2 Å². The van der Waals surface area contributed by atoms with Crippen molar-refractivity contribution in [3.8, 4) is 17.3 Å². The number of nitrogens with zero attached hydrogens (tertiary/aromatic N) is 4. The lowest BCUT2D eigenvalue weighted by Gasteiger charge is -2.07. The summed E-state index contributed by atoms with van der Waals surface area (Å²) in [6.07, 6.45) is 0. The third-order valence-electron chi connectivity index (χ3n) is 5.38. The third kappa shape index (κ3) is 3.66. The van der Waals surface area contributed by atoms with Crippen LogP contribution in [-0.2, 0) is 4.74 Å². The number of benzene rings is 3. The normalized spacial score (nSPS) is 11.4. The predicted molar refractivity (Wildman–Crippen MR) is 121 cm³/mol. The first kappa shape index (κ1) is 21.0. The molecule has 1 aromatic heterocycles. The van der Waals surface area contributed by atoms with Gasteiger partial charge in [0.05, 0.1) is 24.1 Å². The minimum Gasteiger partial charge on any atom is -0.506 e. The molecule has 4 aromatic rings. The van der Waals surface area contributed by atoms with Gasteiger partial charge in [-0.1, -0.05) is 18.2 Å². The summed E-state index contributed by atoms with van der Waals surface area (Å²) in [5.74, 6) is -0.685. The van der Waals surface area contributed by atoms with E-state index >= 15 is 0 Å². The number of carbonyl (C=O) groups excluding carboxylic acids is 1. The van der Waals surface area contributed by atoms with Gasteiger partial charge >= 0.3 is 5.97 Å². The van der Waals surface area contributed by atoms with Crippen LogP contribution in [0.3, 0.4) is 0 Å². The average Bonchev–Trinajstić information content (AvgIpc) is 3.07. The van der Waals surface area contributed by atoms with E-state index in [1.807, 2.05) is 32.0 Å². The number of fused-ring (bicyclic) bond motifs is 1. The molecule has 32 heavy (non-hydrogen) atoms. The van der Waals surface area contributed by atoms with Crippen LogP contribution in [-0.4, -0.2) is 33.1 Å². The number of carbonyl (C=O) groups is 1. The Morgan fingerprint density at radius 1 is 0.938 bits per heavy atom. The Kier molecular flexibility index (Phi) is 5.36. The van der Waals surface area contributed by atoms with Gasteiger partial charge in [0.2, 0.25) is 5.88 Å². The number of phenolic OH excluding ortho intramolecular Hbond substituents is 1. The molecule has 0 spiro atoms. The smallest absolute Gasteiger partial charge is 0.337 e. The summed E-state index contributed by atoms with van der Waals surface area (Å²) in [7, 11) is 1.32. The first-order chi connectivity index (χ1) is 15.3. The Bertz CT molecular complexity index is 1390. The Balaban J connectivity index is 1.76. The number of aryl methyl sites for hydroxylation is 3. The maximum absolute atomic E-state index is 11.8. The van der Waals surface area contributed by atoms with E-state index < -0.39 is 5.97 Å². The van der Waals surface area contributed by atoms with Gasteiger partial charge in [0.1, 0.15) is 11.4 Å². The number of phenols is 1. The SMILES string of the molecule is COC(=O)c1ccc2c(N=Nc3c(C)nn(-c4ccc(C)c(C)c4)c3O)c(O)ccc2c1. The van der Waals surface area contributed by atoms with Crippen LogP contribution in [0.2, 0.25) is 0 Å². The molecule has 0 amide bonds. The van der Waals surface area contributed by atoms with Crippen molar-refractivity contribution in [2.24, 2.45) is 10.2 Å². The zero-order valence-electron chi connectivity index (χ0n) is 18.1. The summed E-state index contributed by atoms with van der Waals surface area (Å²) in [4.78, 5) is 11.8. The summed E-state index contributed by atoms with van der Waals surface area (Å²) in [5, 5.41) is 35.2. The second-order valence-corrected chi connectivity index (χ2v) is 7.50. The van der Waals surface area contributed by atoms with Gasteiger partial charge in [-0.05, 0) is 67.6 Å². The van der Waals surface area contributed by atoms with Crippen molar-refractivity contribution in [2.75, 3.05) is 7.11 Å². The highest BCUT2D eigenvalue weighted by Gasteiger charge is 2.17. The largest absolute Gasteiger partial charge is 0.506 e. The van der Waals surface area contributed by atoms with E-state index in [2.05, 4.69) is 15.3 Å². The first-order valence-corrected chi connectivity index (χ1v) is 9.92. The van der Waals surface area contributed by atoms with Crippen LogP contribution in [0.4, 0.5) is 11.4 Å². The molecule has 0 bridgehead atoms. The molecule has 0 radical (unpaired) electrons. The fourth-order valence-corrected chi connectivity index (χ4v) is 3.41. The van der Waals surface area contributed by atoms with E-state index in [9.17, 15) is 15.0 Å². The fourth-order valence-electron chi connectivity index (χ4n) is 3.41. The van der Waals surface area contributed by atoms with Crippen LogP contribution < -0.4 is 0 Å². The highest BCUT2D eigenvalue weighted by atomic mass is 16.5. The standard InChI is InChI=1S/C24H22N4O4/c1-13-5-8-18(11-14(13)2)28-23(30)21(15(3)27-28)25-26-22-19-9-6-17(24(31)32-4)12-16(19)7-10-20(22)29/h5-12,29-30H,1-4H3. The monoisotopic (exact) mass is 430 g/mol. The minimum atomic E-state index is -0.456. The second-order valence-electron chi connectivity index (χ2n) is 7.50. The van der Waals surface area contributed by atoms with Gasteiger partial charge in [-0.2, -0.15) is 9.78 Å². The number of hydrogen-bond donors (Lipinski definition) is 2. The molecule has 2 N–H and O–H groups in total. The molecule has 1 heterocycles. The van der Waals surface area contributed by atoms with Crippen molar-refractivity contribution in [1.82, 2.24) is 9.78 Å². The predicted octanol–water partition coefficient (Wildman–Crippen LogP) is 5.56. The van der Waals surface area contributed by atoms with E-state index in [-0.39, 0.29) is 23.0 Å². The Morgan fingerprint density at radius 3 is 2.41 bits per heavy atom. The van der Waals surface area contributed by atoms with Crippen LogP contribution in [0.5, 0.6) is 11.6 Å². The fraction of sp³-hybridized carbons (Fsp3) is 0.167. The van der Waals surface area contributed by atoms with Gasteiger partial charge in [0, 0.05) is 5.39 Å². The Labute approximate surface area is 184 Å². The molecule has 0 atom stereocenters. The second kappa shape index (κ2) is 8.14. The lowest BCUT2D eigenvalue weighted by atomic mass is 10.0. The van der Waals surface area contributed by atoms with Crippen LogP contribution >= 0.6 is 0 Å². The van der Waals surface area contributed by atoms with Gasteiger partial charge in [0.15, 0.2) is 5.69 Å². The molecule has 3 aromatic carbocycles. The number of azo groups is 1. The molecular weight excluding hydrogens is 408 g/mol. The Morgan fingerprint density at radius 2 is 1.69 bits per heavy atom. The lowest BCUT2D eigenvalue weighted by molar-refractivity contribution is 0.0601. The molecule has 162 valence electrons. The van der Waals surface area contributed by atoms with Gasteiger partial charge in [0.25, 0.3) is 0 Å². The third-order valence-corrected chi connectivity index (χ3v) is 5.38. The minimum absolute atomic E-state index is 0.0780. The van der Waals surface area contributed by atoms with Crippen LogP contribution in [0, 0.1) is 20.8 Å². The van der Waals surface area contributed by atoms with Gasteiger partial charge in [-0.15, -0.1) is 10.2 Å². The number of rotatable bonds is 4. The Hall–Kier alpha value is -4.20. The van der Waals surface area contributed by atoms with Gasteiger partial charge < -0.3 is 14.9 Å². The van der Waals surface area contributed by atoms with E-state index in [0.717, 1.165) is 11.1 Å². The number of ether oxygens (including phenoxy) is 1.